The lowest BCUT2D eigenvalue weighted by molar-refractivity contribution is 0.309. The van der Waals surface area contributed by atoms with Gasteiger partial charge in [-0.05, 0) is 31.0 Å². The van der Waals surface area contributed by atoms with E-state index in [0.717, 1.165) is 31.2 Å². The maximum atomic E-state index is 9.55. The van der Waals surface area contributed by atoms with Gasteiger partial charge in [0.2, 0.25) is 0 Å². The lowest BCUT2D eigenvalue weighted by Gasteiger charge is -2.14. The Bertz CT molecular complexity index is 314. The molecule has 1 aliphatic heterocycles. The molecule has 1 saturated heterocycles. The van der Waals surface area contributed by atoms with E-state index in [4.69, 9.17) is 0 Å². The summed E-state index contributed by atoms with van der Waals surface area (Å²) >= 11 is 0. The molecule has 1 aliphatic rings. The number of hydrogen-bond donors (Lipinski definition) is 1. The third-order valence-electron chi connectivity index (χ3n) is 2.75. The van der Waals surface area contributed by atoms with Gasteiger partial charge in [0.05, 0.1) is 5.69 Å². The fourth-order valence-electron chi connectivity index (χ4n) is 1.93. The monoisotopic (exact) mass is 192 g/mol. The van der Waals surface area contributed by atoms with Crippen molar-refractivity contribution in [3.05, 3.63) is 24.0 Å². The molecule has 76 valence electrons. The largest absolute Gasteiger partial charge is 0.506 e. The molecule has 1 aromatic heterocycles. The van der Waals surface area contributed by atoms with Crippen molar-refractivity contribution in [3.63, 3.8) is 0 Å². The highest BCUT2D eigenvalue weighted by Crippen LogP contribution is 2.20. The zero-order chi connectivity index (χ0) is 9.97. The van der Waals surface area contributed by atoms with E-state index in [0.29, 0.717) is 5.75 Å². The smallest absolute Gasteiger partial charge is 0.138 e. The van der Waals surface area contributed by atoms with Crippen molar-refractivity contribution in [2.75, 3.05) is 13.1 Å². The second-order valence-corrected chi connectivity index (χ2v) is 4.10. The van der Waals surface area contributed by atoms with Gasteiger partial charge in [0.15, 0.2) is 0 Å². The summed E-state index contributed by atoms with van der Waals surface area (Å²) in [4.78, 5) is 6.52. The van der Waals surface area contributed by atoms with Gasteiger partial charge in [0.1, 0.15) is 5.75 Å². The molecule has 1 unspecified atom stereocenters. The minimum Gasteiger partial charge on any atom is -0.506 e. The Labute approximate surface area is 84.4 Å². The van der Waals surface area contributed by atoms with Crippen molar-refractivity contribution in [2.45, 2.75) is 19.9 Å². The number of pyridine rings is 1. The molecule has 0 bridgehead atoms. The Balaban J connectivity index is 2.01. The van der Waals surface area contributed by atoms with Crippen LogP contribution in [-0.4, -0.2) is 28.1 Å². The second kappa shape index (κ2) is 3.96. The standard InChI is InChI=1S/C11H16N2O/c1-9-4-6-13(7-9)8-10-11(14)3-2-5-12-10/h2-3,5,9,14H,4,6-8H2,1H3. The number of aromatic hydroxyl groups is 1. The third-order valence-corrected chi connectivity index (χ3v) is 2.75. The molecule has 0 aliphatic carbocycles. The van der Waals surface area contributed by atoms with Gasteiger partial charge in [-0.15, -0.1) is 0 Å². The molecule has 1 aromatic rings. The minimum absolute atomic E-state index is 0.312. The zero-order valence-corrected chi connectivity index (χ0v) is 8.48. The average molecular weight is 192 g/mol. The maximum absolute atomic E-state index is 9.55. The number of aromatic nitrogens is 1. The molecule has 3 nitrogen and oxygen atoms in total. The highest BCUT2D eigenvalue weighted by atomic mass is 16.3. The van der Waals surface area contributed by atoms with Gasteiger partial charge in [-0.2, -0.15) is 0 Å². The van der Waals surface area contributed by atoms with E-state index in [9.17, 15) is 5.11 Å². The lowest BCUT2D eigenvalue weighted by atomic mass is 10.2. The van der Waals surface area contributed by atoms with E-state index in [-0.39, 0.29) is 0 Å². The van der Waals surface area contributed by atoms with Crippen LogP contribution in [0.5, 0.6) is 5.75 Å². The topological polar surface area (TPSA) is 36.4 Å². The maximum Gasteiger partial charge on any atom is 0.138 e. The molecule has 1 N–H and O–H groups in total. The van der Waals surface area contributed by atoms with Crippen LogP contribution >= 0.6 is 0 Å². The van der Waals surface area contributed by atoms with Crippen molar-refractivity contribution in [2.24, 2.45) is 5.92 Å². The summed E-state index contributed by atoms with van der Waals surface area (Å²) in [5.74, 6) is 1.09. The fourth-order valence-corrected chi connectivity index (χ4v) is 1.93. The molecular formula is C11H16N2O. The van der Waals surface area contributed by atoms with Gasteiger partial charge < -0.3 is 5.11 Å². The number of likely N-dealkylation sites (tertiary alicyclic amines) is 1. The summed E-state index contributed by atoms with van der Waals surface area (Å²) in [6.45, 7) is 5.28. The van der Waals surface area contributed by atoms with Crippen molar-refractivity contribution >= 4 is 0 Å². The summed E-state index contributed by atoms with van der Waals surface area (Å²) in [6, 6.07) is 3.45. The molecule has 0 spiro atoms. The second-order valence-electron chi connectivity index (χ2n) is 4.10. The Hall–Kier alpha value is -1.09. The molecular weight excluding hydrogens is 176 g/mol. The molecule has 0 saturated carbocycles. The van der Waals surface area contributed by atoms with E-state index in [1.165, 1.54) is 6.42 Å². The van der Waals surface area contributed by atoms with Crippen molar-refractivity contribution in [1.29, 1.82) is 0 Å². The van der Waals surface area contributed by atoms with Crippen LogP contribution in [0.15, 0.2) is 18.3 Å². The van der Waals surface area contributed by atoms with Gasteiger partial charge in [0.25, 0.3) is 0 Å². The SMILES string of the molecule is CC1CCN(Cc2ncccc2O)C1. The van der Waals surface area contributed by atoms with Gasteiger partial charge in [-0.1, -0.05) is 6.92 Å². The van der Waals surface area contributed by atoms with Crippen LogP contribution in [0.25, 0.3) is 0 Å². The van der Waals surface area contributed by atoms with Gasteiger partial charge in [0, 0.05) is 19.3 Å². The van der Waals surface area contributed by atoms with Crippen LogP contribution in [0.3, 0.4) is 0 Å². The van der Waals surface area contributed by atoms with Gasteiger partial charge >= 0.3 is 0 Å². The average Bonchev–Trinajstić information content (AvgIpc) is 2.56. The molecule has 0 radical (unpaired) electrons. The molecule has 3 heteroatoms. The number of hydrogen-bond acceptors (Lipinski definition) is 3. The molecule has 2 heterocycles. The van der Waals surface area contributed by atoms with Crippen molar-refractivity contribution < 1.29 is 5.11 Å². The first-order valence-electron chi connectivity index (χ1n) is 5.11. The Kier molecular flexibility index (Phi) is 2.68. The van der Waals surface area contributed by atoms with E-state index < -0.39 is 0 Å². The molecule has 0 aromatic carbocycles. The van der Waals surface area contributed by atoms with Gasteiger partial charge in [-0.25, -0.2) is 0 Å². The molecule has 0 amide bonds. The summed E-state index contributed by atoms with van der Waals surface area (Å²) in [5.41, 5.74) is 0.793. The van der Waals surface area contributed by atoms with Crippen molar-refractivity contribution in [3.8, 4) is 5.75 Å². The van der Waals surface area contributed by atoms with Crippen molar-refractivity contribution in [1.82, 2.24) is 9.88 Å². The van der Waals surface area contributed by atoms with Crippen LogP contribution in [0.1, 0.15) is 19.0 Å². The number of rotatable bonds is 2. The van der Waals surface area contributed by atoms with Crippen LogP contribution < -0.4 is 0 Å². The molecule has 14 heavy (non-hydrogen) atoms. The first kappa shape index (κ1) is 9.46. The Morgan fingerprint density at radius 2 is 2.50 bits per heavy atom. The molecule has 1 atom stereocenters. The summed E-state index contributed by atoms with van der Waals surface area (Å²) in [5, 5.41) is 9.55. The van der Waals surface area contributed by atoms with E-state index in [1.807, 2.05) is 0 Å². The highest BCUT2D eigenvalue weighted by molar-refractivity contribution is 5.24. The van der Waals surface area contributed by atoms with Crippen LogP contribution in [0.4, 0.5) is 0 Å². The fraction of sp³-hybridized carbons (Fsp3) is 0.545. The van der Waals surface area contributed by atoms with E-state index >= 15 is 0 Å². The summed E-state index contributed by atoms with van der Waals surface area (Å²) < 4.78 is 0. The van der Waals surface area contributed by atoms with Crippen LogP contribution in [0, 0.1) is 5.92 Å². The highest BCUT2D eigenvalue weighted by Gasteiger charge is 2.19. The molecule has 1 fully saturated rings. The predicted molar refractivity (Wildman–Crippen MR) is 55.0 cm³/mol. The lowest BCUT2D eigenvalue weighted by Crippen LogP contribution is -2.20. The van der Waals surface area contributed by atoms with Crippen LogP contribution in [-0.2, 0) is 6.54 Å². The summed E-state index contributed by atoms with van der Waals surface area (Å²) in [7, 11) is 0. The zero-order valence-electron chi connectivity index (χ0n) is 8.48. The number of nitrogens with zero attached hydrogens (tertiary/aromatic N) is 2. The first-order chi connectivity index (χ1) is 6.75. The normalized spacial score (nSPS) is 22.8. The predicted octanol–water partition coefficient (Wildman–Crippen LogP) is 1.63. The first-order valence-corrected chi connectivity index (χ1v) is 5.11. The van der Waals surface area contributed by atoms with Gasteiger partial charge in [-0.3, -0.25) is 9.88 Å². The summed E-state index contributed by atoms with van der Waals surface area (Å²) in [6.07, 6.45) is 2.99. The van der Waals surface area contributed by atoms with E-state index in [1.54, 1.807) is 18.3 Å². The van der Waals surface area contributed by atoms with E-state index in [2.05, 4.69) is 16.8 Å². The third kappa shape index (κ3) is 2.04. The Morgan fingerprint density at radius 3 is 3.14 bits per heavy atom. The molecule has 2 rings (SSSR count). The quantitative estimate of drug-likeness (QED) is 0.773. The minimum atomic E-state index is 0.312. The van der Waals surface area contributed by atoms with Crippen LogP contribution in [0.2, 0.25) is 0 Å². The Morgan fingerprint density at radius 1 is 1.64 bits per heavy atom.